The molecule has 0 radical (unpaired) electrons. The van der Waals surface area contributed by atoms with Gasteiger partial charge < -0.3 is 10.2 Å². The van der Waals surface area contributed by atoms with Crippen LogP contribution in [0.5, 0.6) is 0 Å². The number of pyridine rings is 1. The van der Waals surface area contributed by atoms with Gasteiger partial charge in [0.05, 0.1) is 17.8 Å². The van der Waals surface area contributed by atoms with E-state index in [0.29, 0.717) is 0 Å². The van der Waals surface area contributed by atoms with Gasteiger partial charge in [-0.15, -0.1) is 11.3 Å². The van der Waals surface area contributed by atoms with Crippen molar-refractivity contribution in [3.8, 4) is 0 Å². The molecule has 1 saturated heterocycles. The van der Waals surface area contributed by atoms with E-state index < -0.39 is 0 Å². The standard InChI is InChI=1S/C20H18BrN3S2/c1-2-13-6-8-15(9-7-13)24-19(17-11-14(21)12-26-17)18(23-20(24)25)16-5-3-4-10-22-16/h3-12,18-19H,2H2,1H3,(H,23,25)/t18-,19-/m1/s1. The molecule has 3 heterocycles. The Morgan fingerprint density at radius 2 is 2.04 bits per heavy atom. The van der Waals surface area contributed by atoms with Crippen molar-refractivity contribution in [1.29, 1.82) is 0 Å². The number of benzene rings is 1. The zero-order valence-corrected chi connectivity index (χ0v) is 17.4. The summed E-state index contributed by atoms with van der Waals surface area (Å²) >= 11 is 11.1. The molecule has 0 unspecified atom stereocenters. The van der Waals surface area contributed by atoms with Crippen LogP contribution in [0.3, 0.4) is 0 Å². The maximum absolute atomic E-state index is 5.72. The summed E-state index contributed by atoms with van der Waals surface area (Å²) < 4.78 is 1.09. The van der Waals surface area contributed by atoms with Crippen LogP contribution in [0.4, 0.5) is 5.69 Å². The Hall–Kier alpha value is -1.76. The SMILES string of the molecule is CCc1ccc(N2C(=S)N[C@H](c3ccccn3)[C@H]2c2cc(Br)cs2)cc1. The average Bonchev–Trinajstić information content (AvgIpc) is 3.25. The first-order valence-electron chi connectivity index (χ1n) is 8.51. The Balaban J connectivity index is 1.79. The van der Waals surface area contributed by atoms with E-state index in [-0.39, 0.29) is 12.1 Å². The molecular weight excluding hydrogens is 426 g/mol. The third kappa shape index (κ3) is 3.29. The van der Waals surface area contributed by atoms with Crippen LogP contribution in [0.1, 0.15) is 35.1 Å². The van der Waals surface area contributed by atoms with Crippen LogP contribution in [0.15, 0.2) is 64.6 Å². The maximum atomic E-state index is 5.72. The molecule has 0 spiro atoms. The van der Waals surface area contributed by atoms with Crippen molar-refractivity contribution in [3.63, 3.8) is 0 Å². The minimum atomic E-state index is 0.0140. The highest BCUT2D eigenvalue weighted by molar-refractivity contribution is 9.10. The predicted molar refractivity (Wildman–Crippen MR) is 116 cm³/mol. The van der Waals surface area contributed by atoms with Gasteiger partial charge in [0.15, 0.2) is 5.11 Å². The van der Waals surface area contributed by atoms with E-state index in [4.69, 9.17) is 12.2 Å². The minimum Gasteiger partial charge on any atom is -0.351 e. The summed E-state index contributed by atoms with van der Waals surface area (Å²) in [6, 6.07) is 16.9. The lowest BCUT2D eigenvalue weighted by Crippen LogP contribution is -2.29. The molecule has 1 fully saturated rings. The van der Waals surface area contributed by atoms with Crippen LogP contribution in [0.2, 0.25) is 0 Å². The summed E-state index contributed by atoms with van der Waals surface area (Å²) in [4.78, 5) is 8.04. The second-order valence-electron chi connectivity index (χ2n) is 6.18. The van der Waals surface area contributed by atoms with Crippen LogP contribution in [-0.4, -0.2) is 10.1 Å². The first kappa shape index (κ1) is 17.6. The summed E-state index contributed by atoms with van der Waals surface area (Å²) in [5, 5.41) is 6.34. The van der Waals surface area contributed by atoms with Crippen molar-refractivity contribution in [1.82, 2.24) is 10.3 Å². The number of anilines is 1. The first-order chi connectivity index (χ1) is 12.7. The van der Waals surface area contributed by atoms with Gasteiger partial charge in [-0.3, -0.25) is 4.98 Å². The number of hydrogen-bond donors (Lipinski definition) is 1. The molecule has 2 atom stereocenters. The summed E-state index contributed by atoms with van der Waals surface area (Å²) in [7, 11) is 0. The number of nitrogens with zero attached hydrogens (tertiary/aromatic N) is 2. The zero-order valence-electron chi connectivity index (χ0n) is 14.2. The average molecular weight is 444 g/mol. The molecular formula is C20H18BrN3S2. The van der Waals surface area contributed by atoms with E-state index in [9.17, 15) is 0 Å². The van der Waals surface area contributed by atoms with Crippen molar-refractivity contribution >= 4 is 50.3 Å². The number of thiophene rings is 1. The van der Waals surface area contributed by atoms with Crippen LogP contribution < -0.4 is 10.2 Å². The largest absolute Gasteiger partial charge is 0.351 e. The van der Waals surface area contributed by atoms with E-state index >= 15 is 0 Å². The second kappa shape index (κ2) is 7.47. The lowest BCUT2D eigenvalue weighted by molar-refractivity contribution is 0.575. The molecule has 4 rings (SSSR count). The smallest absolute Gasteiger partial charge is 0.174 e. The molecule has 2 aromatic heterocycles. The van der Waals surface area contributed by atoms with Crippen LogP contribution in [0.25, 0.3) is 0 Å². The summed E-state index contributed by atoms with van der Waals surface area (Å²) in [6.07, 6.45) is 2.86. The lowest BCUT2D eigenvalue weighted by atomic mass is 10.0. The van der Waals surface area contributed by atoms with Gasteiger partial charge in [-0.2, -0.15) is 0 Å². The molecule has 1 aliphatic heterocycles. The Morgan fingerprint density at radius 1 is 1.23 bits per heavy atom. The number of nitrogens with one attached hydrogen (secondary N) is 1. The van der Waals surface area contributed by atoms with Gasteiger partial charge in [-0.25, -0.2) is 0 Å². The highest BCUT2D eigenvalue weighted by Crippen LogP contribution is 2.44. The highest BCUT2D eigenvalue weighted by atomic mass is 79.9. The molecule has 132 valence electrons. The molecule has 26 heavy (non-hydrogen) atoms. The fourth-order valence-electron chi connectivity index (χ4n) is 3.30. The highest BCUT2D eigenvalue weighted by Gasteiger charge is 2.41. The molecule has 0 saturated carbocycles. The Labute approximate surface area is 171 Å². The fraction of sp³-hybridized carbons (Fsp3) is 0.200. The molecule has 3 aromatic rings. The number of aryl methyl sites for hydroxylation is 1. The number of rotatable bonds is 4. The molecule has 6 heteroatoms. The van der Waals surface area contributed by atoms with Gasteiger partial charge in [0, 0.05) is 26.6 Å². The number of halogens is 1. The lowest BCUT2D eigenvalue weighted by Gasteiger charge is -2.27. The van der Waals surface area contributed by atoms with Crippen molar-refractivity contribution in [2.24, 2.45) is 0 Å². The van der Waals surface area contributed by atoms with Crippen molar-refractivity contribution in [2.45, 2.75) is 25.4 Å². The molecule has 0 amide bonds. The summed E-state index contributed by atoms with van der Waals surface area (Å²) in [5.74, 6) is 0. The van der Waals surface area contributed by atoms with Gasteiger partial charge in [-0.05, 0) is 70.5 Å². The van der Waals surface area contributed by atoms with Crippen molar-refractivity contribution in [3.05, 3.63) is 80.7 Å². The normalized spacial score (nSPS) is 19.6. The molecule has 3 nitrogen and oxygen atoms in total. The Morgan fingerprint density at radius 3 is 2.65 bits per heavy atom. The molecule has 0 bridgehead atoms. The number of thiocarbonyl (C=S) groups is 1. The van der Waals surface area contributed by atoms with Gasteiger partial charge in [-0.1, -0.05) is 25.1 Å². The number of aromatic nitrogens is 1. The Bertz CT molecular complexity index is 908. The third-order valence-electron chi connectivity index (χ3n) is 4.60. The van der Waals surface area contributed by atoms with E-state index in [2.05, 4.69) is 79.8 Å². The third-order valence-corrected chi connectivity index (χ3v) is 6.68. The molecule has 1 aliphatic rings. The molecule has 1 aromatic carbocycles. The topological polar surface area (TPSA) is 28.2 Å². The second-order valence-corrected chi connectivity index (χ2v) is 8.43. The maximum Gasteiger partial charge on any atom is 0.174 e. The van der Waals surface area contributed by atoms with Crippen LogP contribution in [-0.2, 0) is 6.42 Å². The quantitative estimate of drug-likeness (QED) is 0.527. The molecule has 0 aliphatic carbocycles. The van der Waals surface area contributed by atoms with E-state index in [0.717, 1.165) is 27.4 Å². The Kier molecular flexibility index (Phi) is 5.07. The van der Waals surface area contributed by atoms with Crippen molar-refractivity contribution in [2.75, 3.05) is 4.90 Å². The van der Waals surface area contributed by atoms with Crippen LogP contribution >= 0.6 is 39.5 Å². The van der Waals surface area contributed by atoms with E-state index in [1.165, 1.54) is 10.4 Å². The minimum absolute atomic E-state index is 0.0140. The van der Waals surface area contributed by atoms with E-state index in [1.54, 1.807) is 11.3 Å². The molecule has 1 N–H and O–H groups in total. The first-order valence-corrected chi connectivity index (χ1v) is 10.6. The number of hydrogen-bond acceptors (Lipinski definition) is 3. The van der Waals surface area contributed by atoms with Crippen molar-refractivity contribution < 1.29 is 0 Å². The van der Waals surface area contributed by atoms with Crippen LogP contribution in [0, 0.1) is 0 Å². The summed E-state index contributed by atoms with van der Waals surface area (Å²) in [6.45, 7) is 2.17. The van der Waals surface area contributed by atoms with Gasteiger partial charge in [0.2, 0.25) is 0 Å². The van der Waals surface area contributed by atoms with Gasteiger partial charge in [0.1, 0.15) is 0 Å². The van der Waals surface area contributed by atoms with Gasteiger partial charge in [0.25, 0.3) is 0 Å². The van der Waals surface area contributed by atoms with Gasteiger partial charge >= 0.3 is 0 Å². The monoisotopic (exact) mass is 443 g/mol. The van der Waals surface area contributed by atoms with E-state index in [1.807, 2.05) is 18.3 Å². The summed E-state index contributed by atoms with van der Waals surface area (Å²) in [5.41, 5.74) is 3.42. The zero-order chi connectivity index (χ0) is 18.1. The predicted octanol–water partition coefficient (Wildman–Crippen LogP) is 5.65. The fourth-order valence-corrected chi connectivity index (χ4v) is 5.21.